The molecule has 1 aliphatic heterocycles. The lowest BCUT2D eigenvalue weighted by Crippen LogP contribution is -2.25. The number of carbonyl (C=O) groups excluding carboxylic acids is 2. The fraction of sp³-hybridized carbons (Fsp3) is 0.273. The number of amides is 1. The molecule has 88 valence electrons. The number of ketones is 1. The van der Waals surface area contributed by atoms with Gasteiger partial charge in [0.05, 0.1) is 17.9 Å². The molecule has 1 aromatic rings. The number of rotatable bonds is 2. The summed E-state index contributed by atoms with van der Waals surface area (Å²) in [5, 5.41) is 10.9. The summed E-state index contributed by atoms with van der Waals surface area (Å²) in [6, 6.07) is 4.58. The molecule has 0 N–H and O–H groups in total. The van der Waals surface area contributed by atoms with Crippen LogP contribution >= 0.6 is 0 Å². The second-order valence-electron chi connectivity index (χ2n) is 3.94. The number of aryl methyl sites for hydroxylation is 1. The first-order chi connectivity index (χ1) is 7.99. The molecular formula is C11H10N2O4. The van der Waals surface area contributed by atoms with Crippen LogP contribution in [-0.2, 0) is 9.59 Å². The second kappa shape index (κ2) is 3.97. The summed E-state index contributed by atoms with van der Waals surface area (Å²) in [5.41, 5.74) is 0.780. The molecule has 0 atom stereocenters. The van der Waals surface area contributed by atoms with Gasteiger partial charge in [-0.25, -0.2) is 0 Å². The Kier molecular flexibility index (Phi) is 2.63. The molecule has 6 heteroatoms. The normalized spacial score (nSPS) is 15.5. The number of hydrogen-bond donors (Lipinski definition) is 0. The van der Waals surface area contributed by atoms with E-state index in [2.05, 4.69) is 0 Å². The Balaban J connectivity index is 2.48. The van der Waals surface area contributed by atoms with E-state index >= 15 is 0 Å². The standard InChI is InChI=1S/C11H10N2O4/c1-7-2-3-9(10(4-7)13(16)17)12-6-8(14)5-11(12)15/h2-4H,5-6H2,1H3. The molecule has 0 bridgehead atoms. The topological polar surface area (TPSA) is 80.5 Å². The van der Waals surface area contributed by atoms with Crippen LogP contribution in [0.2, 0.25) is 0 Å². The minimum Gasteiger partial charge on any atom is -0.299 e. The molecule has 6 nitrogen and oxygen atoms in total. The van der Waals surface area contributed by atoms with Crippen LogP contribution in [0, 0.1) is 17.0 Å². The first kappa shape index (κ1) is 11.3. The molecule has 1 fully saturated rings. The van der Waals surface area contributed by atoms with Gasteiger partial charge >= 0.3 is 0 Å². The van der Waals surface area contributed by atoms with Gasteiger partial charge in [0, 0.05) is 6.07 Å². The lowest BCUT2D eigenvalue weighted by Gasteiger charge is -2.14. The molecule has 0 spiro atoms. The lowest BCUT2D eigenvalue weighted by atomic mass is 10.2. The van der Waals surface area contributed by atoms with E-state index in [4.69, 9.17) is 0 Å². The summed E-state index contributed by atoms with van der Waals surface area (Å²) in [6.07, 6.45) is -0.176. The molecule has 1 saturated heterocycles. The van der Waals surface area contributed by atoms with Crippen molar-refractivity contribution >= 4 is 23.1 Å². The zero-order valence-corrected chi connectivity index (χ0v) is 9.17. The van der Waals surface area contributed by atoms with Gasteiger partial charge in [-0.15, -0.1) is 0 Å². The molecule has 1 amide bonds. The molecule has 1 aliphatic rings. The van der Waals surface area contributed by atoms with Crippen molar-refractivity contribution in [2.24, 2.45) is 0 Å². The van der Waals surface area contributed by atoms with Crippen LogP contribution in [0.4, 0.5) is 11.4 Å². The van der Waals surface area contributed by atoms with E-state index in [0.717, 1.165) is 5.56 Å². The van der Waals surface area contributed by atoms with Crippen molar-refractivity contribution in [3.63, 3.8) is 0 Å². The number of Topliss-reactive ketones (excluding diaryl/α,β-unsaturated/α-hetero) is 1. The van der Waals surface area contributed by atoms with Crippen molar-refractivity contribution in [2.45, 2.75) is 13.3 Å². The van der Waals surface area contributed by atoms with E-state index in [1.165, 1.54) is 17.0 Å². The van der Waals surface area contributed by atoms with E-state index in [0.29, 0.717) is 0 Å². The van der Waals surface area contributed by atoms with Crippen LogP contribution in [0.25, 0.3) is 0 Å². The summed E-state index contributed by atoms with van der Waals surface area (Å²) in [6.45, 7) is 1.65. The van der Waals surface area contributed by atoms with Crippen molar-refractivity contribution in [1.82, 2.24) is 0 Å². The zero-order chi connectivity index (χ0) is 12.6. The Morgan fingerprint density at radius 2 is 2.06 bits per heavy atom. The third-order valence-corrected chi connectivity index (χ3v) is 2.60. The first-order valence-corrected chi connectivity index (χ1v) is 5.06. The average Bonchev–Trinajstić information content (AvgIpc) is 2.57. The van der Waals surface area contributed by atoms with E-state index in [1.807, 2.05) is 0 Å². The van der Waals surface area contributed by atoms with Gasteiger partial charge in [0.25, 0.3) is 5.69 Å². The van der Waals surface area contributed by atoms with Crippen molar-refractivity contribution < 1.29 is 14.5 Å². The van der Waals surface area contributed by atoms with Gasteiger partial charge in [0.15, 0.2) is 5.78 Å². The lowest BCUT2D eigenvalue weighted by molar-refractivity contribution is -0.384. The number of nitrogens with zero attached hydrogens (tertiary/aromatic N) is 2. The average molecular weight is 234 g/mol. The Labute approximate surface area is 97.0 Å². The number of nitro groups is 1. The fourth-order valence-corrected chi connectivity index (χ4v) is 1.81. The maximum absolute atomic E-state index is 11.5. The van der Waals surface area contributed by atoms with Crippen molar-refractivity contribution in [3.8, 4) is 0 Å². The molecule has 0 saturated carbocycles. The van der Waals surface area contributed by atoms with Gasteiger partial charge in [-0.3, -0.25) is 24.6 Å². The number of benzene rings is 1. The maximum Gasteiger partial charge on any atom is 0.293 e. The third-order valence-electron chi connectivity index (χ3n) is 2.60. The van der Waals surface area contributed by atoms with Gasteiger partial charge in [-0.2, -0.15) is 0 Å². The van der Waals surface area contributed by atoms with Crippen LogP contribution in [-0.4, -0.2) is 23.2 Å². The highest BCUT2D eigenvalue weighted by molar-refractivity contribution is 6.15. The molecule has 0 unspecified atom stereocenters. The molecular weight excluding hydrogens is 224 g/mol. The second-order valence-corrected chi connectivity index (χ2v) is 3.94. The summed E-state index contributed by atoms with van der Waals surface area (Å²) >= 11 is 0. The van der Waals surface area contributed by atoms with Gasteiger partial charge in [-0.1, -0.05) is 6.07 Å². The third kappa shape index (κ3) is 2.01. The monoisotopic (exact) mass is 234 g/mol. The number of carbonyl (C=O) groups is 2. The smallest absolute Gasteiger partial charge is 0.293 e. The van der Waals surface area contributed by atoms with Gasteiger partial charge < -0.3 is 0 Å². The summed E-state index contributed by atoms with van der Waals surface area (Å²) in [4.78, 5) is 34.2. The first-order valence-electron chi connectivity index (χ1n) is 5.06. The highest BCUT2D eigenvalue weighted by Gasteiger charge is 2.32. The van der Waals surface area contributed by atoms with Crippen molar-refractivity contribution in [3.05, 3.63) is 33.9 Å². The van der Waals surface area contributed by atoms with E-state index in [9.17, 15) is 19.7 Å². The van der Waals surface area contributed by atoms with E-state index in [-0.39, 0.29) is 36.0 Å². The summed E-state index contributed by atoms with van der Waals surface area (Å²) in [5.74, 6) is -0.605. The number of anilines is 1. The van der Waals surface area contributed by atoms with E-state index in [1.54, 1.807) is 13.0 Å². The molecule has 0 aromatic heterocycles. The molecule has 1 aromatic carbocycles. The van der Waals surface area contributed by atoms with Gasteiger partial charge in [0.1, 0.15) is 5.69 Å². The predicted molar refractivity (Wildman–Crippen MR) is 59.8 cm³/mol. The minimum atomic E-state index is -0.543. The molecule has 0 radical (unpaired) electrons. The van der Waals surface area contributed by atoms with Gasteiger partial charge in [0.2, 0.25) is 5.91 Å². The maximum atomic E-state index is 11.5. The molecule has 17 heavy (non-hydrogen) atoms. The Morgan fingerprint density at radius 1 is 1.35 bits per heavy atom. The van der Waals surface area contributed by atoms with E-state index < -0.39 is 4.92 Å². The summed E-state index contributed by atoms with van der Waals surface area (Å²) in [7, 11) is 0. The Morgan fingerprint density at radius 3 is 2.59 bits per heavy atom. The van der Waals surface area contributed by atoms with Crippen LogP contribution in [0.15, 0.2) is 18.2 Å². The number of nitro benzene ring substituents is 1. The van der Waals surface area contributed by atoms with Crippen molar-refractivity contribution in [2.75, 3.05) is 11.4 Å². The molecule has 0 aliphatic carbocycles. The highest BCUT2D eigenvalue weighted by atomic mass is 16.6. The van der Waals surface area contributed by atoms with Crippen molar-refractivity contribution in [1.29, 1.82) is 0 Å². The van der Waals surface area contributed by atoms with Crippen LogP contribution < -0.4 is 4.90 Å². The molecule has 2 rings (SSSR count). The Hall–Kier alpha value is -2.24. The highest BCUT2D eigenvalue weighted by Crippen LogP contribution is 2.31. The van der Waals surface area contributed by atoms with Crippen LogP contribution in [0.3, 0.4) is 0 Å². The quantitative estimate of drug-likeness (QED) is 0.437. The SMILES string of the molecule is Cc1ccc(N2CC(=O)CC2=O)c([N+](=O)[O-])c1. The largest absolute Gasteiger partial charge is 0.299 e. The Bertz CT molecular complexity index is 524. The van der Waals surface area contributed by atoms with Crippen LogP contribution in [0.1, 0.15) is 12.0 Å². The number of hydrogen-bond acceptors (Lipinski definition) is 4. The van der Waals surface area contributed by atoms with Crippen LogP contribution in [0.5, 0.6) is 0 Å². The zero-order valence-electron chi connectivity index (χ0n) is 9.17. The van der Waals surface area contributed by atoms with Gasteiger partial charge in [-0.05, 0) is 18.6 Å². The predicted octanol–water partition coefficient (Wildman–Crippen LogP) is 1.21. The fourth-order valence-electron chi connectivity index (χ4n) is 1.81. The molecule has 1 heterocycles. The summed E-state index contributed by atoms with van der Waals surface area (Å²) < 4.78 is 0. The minimum absolute atomic E-state index is 0.0806.